The van der Waals surface area contributed by atoms with Gasteiger partial charge in [0.2, 0.25) is 5.91 Å². The van der Waals surface area contributed by atoms with Gasteiger partial charge in [0.1, 0.15) is 0 Å². The maximum Gasteiger partial charge on any atom is 0.217 e. The van der Waals surface area contributed by atoms with E-state index in [0.717, 1.165) is 32.1 Å². The van der Waals surface area contributed by atoms with Crippen LogP contribution in [0.1, 0.15) is 148 Å². The topological polar surface area (TPSA) is 63.3 Å². The molecule has 1 amide bonds. The molecule has 0 heterocycles. The average molecular weight is 460 g/mol. The number of aliphatic hydroxyl groups is 1. The van der Waals surface area contributed by atoms with Crippen LogP contribution in [0.15, 0.2) is 0 Å². The largest absolute Gasteiger partial charge is 0.396 e. The molecule has 3 N–H and O–H groups in total. The van der Waals surface area contributed by atoms with E-state index in [1.54, 1.807) is 0 Å². The number of carbonyl (C=O) groups excluding carboxylic acids is 1. The average Bonchev–Trinajstić information content (AvgIpc) is 2.80. The second-order valence-corrected chi connectivity index (χ2v) is 9.76. The van der Waals surface area contributed by atoms with Gasteiger partial charge in [0.15, 0.2) is 0 Å². The molecule has 0 saturated heterocycles. The van der Waals surface area contributed by atoms with Crippen molar-refractivity contribution in [2.24, 2.45) is 11.7 Å². The Morgan fingerprint density at radius 1 is 0.636 bits per heavy atom. The van der Waals surface area contributed by atoms with Gasteiger partial charge < -0.3 is 10.8 Å². The van der Waals surface area contributed by atoms with Gasteiger partial charge in [-0.3, -0.25) is 4.79 Å². The van der Waals surface area contributed by atoms with Crippen molar-refractivity contribution in [3.8, 4) is 23.7 Å². The van der Waals surface area contributed by atoms with Crippen molar-refractivity contribution in [2.45, 2.75) is 148 Å². The number of hydrogen-bond acceptors (Lipinski definition) is 2. The Balaban J connectivity index is 3.23. The second kappa shape index (κ2) is 26.8. The molecule has 0 aromatic carbocycles. The molecule has 0 aliphatic carbocycles. The van der Waals surface area contributed by atoms with Gasteiger partial charge in [0, 0.05) is 25.9 Å². The van der Waals surface area contributed by atoms with Crippen LogP contribution in [0.5, 0.6) is 0 Å². The maximum atomic E-state index is 10.6. The normalized spacial score (nSPS) is 11.3. The van der Waals surface area contributed by atoms with Crippen LogP contribution in [0.25, 0.3) is 0 Å². The minimum atomic E-state index is -0.184. The molecule has 1 atom stereocenters. The van der Waals surface area contributed by atoms with Crippen LogP contribution in [0.2, 0.25) is 0 Å². The standard InChI is InChI=1S/C30H53NO2/c1-29(28-32)26-24-22-20-18-16-14-12-10-8-6-4-2-3-5-7-9-11-13-15-17-19-21-23-25-27-30(31)33/h29,32H,2-4,6,8,10,12-28H2,1H3,(H2,31,33). The first kappa shape index (κ1) is 31.6. The Kier molecular flexibility index (Phi) is 25.6. The molecule has 0 rings (SSSR count). The van der Waals surface area contributed by atoms with E-state index in [-0.39, 0.29) is 5.91 Å². The van der Waals surface area contributed by atoms with Crippen molar-refractivity contribution in [3.63, 3.8) is 0 Å². The molecular weight excluding hydrogens is 406 g/mol. The van der Waals surface area contributed by atoms with Crippen molar-refractivity contribution in [2.75, 3.05) is 6.61 Å². The number of primary amides is 1. The predicted octanol–water partition coefficient (Wildman–Crippen LogP) is 7.69. The summed E-state index contributed by atoms with van der Waals surface area (Å²) in [6.07, 6.45) is 26.6. The molecule has 0 aliphatic heterocycles. The highest BCUT2D eigenvalue weighted by atomic mass is 16.3. The zero-order valence-electron chi connectivity index (χ0n) is 21.8. The van der Waals surface area contributed by atoms with Crippen LogP contribution in [0.4, 0.5) is 0 Å². The lowest BCUT2D eigenvalue weighted by molar-refractivity contribution is -0.118. The number of aliphatic hydroxyl groups excluding tert-OH is 1. The van der Waals surface area contributed by atoms with Crippen LogP contribution in [-0.4, -0.2) is 17.6 Å². The Bertz CT molecular complexity index is 549. The number of nitrogens with two attached hydrogens (primary N) is 1. The number of rotatable bonds is 23. The molecule has 190 valence electrons. The molecule has 33 heavy (non-hydrogen) atoms. The van der Waals surface area contributed by atoms with E-state index in [4.69, 9.17) is 10.8 Å². The Morgan fingerprint density at radius 2 is 1.00 bits per heavy atom. The first-order valence-electron chi connectivity index (χ1n) is 14.0. The van der Waals surface area contributed by atoms with Crippen LogP contribution in [-0.2, 0) is 4.79 Å². The molecule has 0 aliphatic rings. The molecule has 0 fully saturated rings. The highest BCUT2D eigenvalue weighted by molar-refractivity contribution is 5.73. The lowest BCUT2D eigenvalue weighted by Crippen LogP contribution is -2.09. The summed E-state index contributed by atoms with van der Waals surface area (Å²) in [5.41, 5.74) is 5.13. The predicted molar refractivity (Wildman–Crippen MR) is 143 cm³/mol. The smallest absolute Gasteiger partial charge is 0.217 e. The van der Waals surface area contributed by atoms with Crippen LogP contribution in [0, 0.1) is 29.6 Å². The Labute approximate surface area is 206 Å². The lowest BCUT2D eigenvalue weighted by atomic mass is 10.0. The third-order valence-electron chi connectivity index (χ3n) is 6.27. The van der Waals surface area contributed by atoms with Crippen molar-refractivity contribution in [3.05, 3.63) is 0 Å². The van der Waals surface area contributed by atoms with E-state index in [1.165, 1.54) is 103 Å². The third-order valence-corrected chi connectivity index (χ3v) is 6.27. The van der Waals surface area contributed by atoms with Crippen molar-refractivity contribution >= 4 is 5.91 Å². The van der Waals surface area contributed by atoms with Gasteiger partial charge >= 0.3 is 0 Å². The zero-order chi connectivity index (χ0) is 24.2. The van der Waals surface area contributed by atoms with Crippen LogP contribution >= 0.6 is 0 Å². The van der Waals surface area contributed by atoms with Gasteiger partial charge in [-0.25, -0.2) is 0 Å². The number of hydrogen-bond donors (Lipinski definition) is 2. The van der Waals surface area contributed by atoms with Gasteiger partial charge in [-0.15, -0.1) is 0 Å². The monoisotopic (exact) mass is 459 g/mol. The highest BCUT2D eigenvalue weighted by Crippen LogP contribution is 2.14. The first-order chi connectivity index (χ1) is 16.2. The highest BCUT2D eigenvalue weighted by Gasteiger charge is 1.99. The molecular formula is C30H53NO2. The minimum Gasteiger partial charge on any atom is -0.396 e. The second-order valence-electron chi connectivity index (χ2n) is 9.76. The van der Waals surface area contributed by atoms with Crippen LogP contribution in [0.3, 0.4) is 0 Å². The van der Waals surface area contributed by atoms with E-state index in [9.17, 15) is 4.79 Å². The van der Waals surface area contributed by atoms with Gasteiger partial charge in [-0.1, -0.05) is 115 Å². The van der Waals surface area contributed by atoms with Crippen molar-refractivity contribution in [1.82, 2.24) is 0 Å². The number of carbonyl (C=O) groups is 1. The first-order valence-corrected chi connectivity index (χ1v) is 14.0. The molecule has 0 radical (unpaired) electrons. The summed E-state index contributed by atoms with van der Waals surface area (Å²) >= 11 is 0. The summed E-state index contributed by atoms with van der Waals surface area (Å²) in [6, 6.07) is 0. The summed E-state index contributed by atoms with van der Waals surface area (Å²) < 4.78 is 0. The van der Waals surface area contributed by atoms with Gasteiger partial charge in [-0.2, -0.15) is 0 Å². The Hall–Kier alpha value is -1.45. The molecule has 1 unspecified atom stereocenters. The summed E-state index contributed by atoms with van der Waals surface area (Å²) in [4.78, 5) is 10.6. The van der Waals surface area contributed by atoms with Gasteiger partial charge in [0.25, 0.3) is 0 Å². The molecule has 3 nitrogen and oxygen atoms in total. The summed E-state index contributed by atoms with van der Waals surface area (Å²) in [5, 5.41) is 9.01. The fourth-order valence-corrected chi connectivity index (χ4v) is 4.00. The molecule has 0 saturated carbocycles. The van der Waals surface area contributed by atoms with E-state index in [1.807, 2.05) is 0 Å². The number of amides is 1. The fraction of sp³-hybridized carbons (Fsp3) is 0.833. The fourth-order valence-electron chi connectivity index (χ4n) is 4.00. The SMILES string of the molecule is CC(CO)CCCCCCCCCCCCCCC#CC#CCCCCCCCCC(N)=O. The van der Waals surface area contributed by atoms with Crippen molar-refractivity contribution < 1.29 is 9.90 Å². The summed E-state index contributed by atoms with van der Waals surface area (Å²) in [7, 11) is 0. The van der Waals surface area contributed by atoms with Gasteiger partial charge in [-0.05, 0) is 43.4 Å². The molecule has 3 heteroatoms. The lowest BCUT2D eigenvalue weighted by Gasteiger charge is -2.06. The van der Waals surface area contributed by atoms with E-state index in [0.29, 0.717) is 18.9 Å². The van der Waals surface area contributed by atoms with Crippen LogP contribution < -0.4 is 5.73 Å². The van der Waals surface area contributed by atoms with Crippen molar-refractivity contribution in [1.29, 1.82) is 0 Å². The van der Waals surface area contributed by atoms with E-state index in [2.05, 4.69) is 30.6 Å². The quantitative estimate of drug-likeness (QED) is 0.121. The van der Waals surface area contributed by atoms with E-state index < -0.39 is 0 Å². The molecule has 0 aromatic rings. The Morgan fingerprint density at radius 3 is 1.39 bits per heavy atom. The molecule has 0 spiro atoms. The number of unbranched alkanes of at least 4 members (excludes halogenated alkanes) is 18. The van der Waals surface area contributed by atoms with E-state index >= 15 is 0 Å². The van der Waals surface area contributed by atoms with Gasteiger partial charge in [0.05, 0.1) is 0 Å². The minimum absolute atomic E-state index is 0.184. The molecule has 0 bridgehead atoms. The molecule has 0 aromatic heterocycles. The summed E-state index contributed by atoms with van der Waals surface area (Å²) in [6.45, 7) is 2.47. The maximum absolute atomic E-state index is 10.6. The zero-order valence-corrected chi connectivity index (χ0v) is 21.8. The third kappa shape index (κ3) is 28.5. The summed E-state index contributed by atoms with van der Waals surface area (Å²) in [5.74, 6) is 12.6.